The number of thioether (sulfide) groups is 1. The number of aromatic nitrogens is 4. The lowest BCUT2D eigenvalue weighted by Gasteiger charge is -2.56. The highest BCUT2D eigenvalue weighted by Crippen LogP contribution is 2.55. The van der Waals surface area contributed by atoms with Crippen LogP contribution < -0.4 is 0 Å². The molecule has 2 aliphatic heterocycles. The third-order valence-corrected chi connectivity index (χ3v) is 6.95. The van der Waals surface area contributed by atoms with Crippen LogP contribution in [0.4, 0.5) is 0 Å². The lowest BCUT2D eigenvalue weighted by Crippen LogP contribution is -2.66. The van der Waals surface area contributed by atoms with Crippen LogP contribution in [0, 0.1) is 5.41 Å². The van der Waals surface area contributed by atoms with E-state index in [0.717, 1.165) is 5.57 Å². The lowest BCUT2D eigenvalue weighted by atomic mass is 9.83. The van der Waals surface area contributed by atoms with Crippen molar-refractivity contribution in [2.45, 2.75) is 50.8 Å². The number of hydrogen-bond donors (Lipinski definition) is 0. The number of tetrazole rings is 1. The number of methoxy groups -OCH3 is 1. The fourth-order valence-electron chi connectivity index (χ4n) is 3.23. The molecule has 136 valence electrons. The largest absolute Gasteiger partial charge is 0.371 e. The highest BCUT2D eigenvalue weighted by atomic mass is 32.2. The van der Waals surface area contributed by atoms with Crippen molar-refractivity contribution in [2.75, 3.05) is 7.11 Å². The van der Waals surface area contributed by atoms with Gasteiger partial charge in [-0.2, -0.15) is 0 Å². The summed E-state index contributed by atoms with van der Waals surface area (Å²) in [7, 11) is 3.46. The second-order valence-corrected chi connectivity index (χ2v) is 9.54. The Morgan fingerprint density at radius 2 is 2.04 bits per heavy atom. The molecule has 0 radical (unpaired) electrons. The molecule has 0 saturated carbocycles. The van der Waals surface area contributed by atoms with E-state index in [1.54, 1.807) is 23.6 Å². The topological polar surface area (TPSA) is 73.1 Å². The van der Waals surface area contributed by atoms with Crippen molar-refractivity contribution >= 4 is 34.8 Å². The summed E-state index contributed by atoms with van der Waals surface area (Å²) in [6.45, 7) is 9.79. The van der Waals surface area contributed by atoms with Crippen molar-refractivity contribution in [3.8, 4) is 0 Å². The summed E-state index contributed by atoms with van der Waals surface area (Å²) in [6.07, 6.45) is -0.198. The normalized spacial score (nSPS) is 29.6. The van der Waals surface area contributed by atoms with E-state index in [0.29, 0.717) is 16.5 Å². The van der Waals surface area contributed by atoms with Gasteiger partial charge in [-0.05, 0) is 29.8 Å². The predicted octanol–water partition coefficient (Wildman–Crippen LogP) is 2.05. The van der Waals surface area contributed by atoms with Gasteiger partial charge in [-0.15, -0.1) is 16.9 Å². The van der Waals surface area contributed by atoms with E-state index in [4.69, 9.17) is 17.0 Å². The molecule has 0 spiro atoms. The number of ether oxygens (including phenoxy) is 1. The zero-order chi connectivity index (χ0) is 18.7. The Labute approximate surface area is 157 Å². The lowest BCUT2D eigenvalue weighted by molar-refractivity contribution is -0.124. The molecule has 3 atom stereocenters. The minimum absolute atomic E-state index is 0.0635. The Hall–Kier alpha value is -1.32. The zero-order valence-corrected chi connectivity index (χ0v) is 17.2. The number of Topliss-reactive ketones (excluding diaryl/α,β-unsaturated/α-hetero) is 1. The molecule has 1 saturated heterocycles. The third-order valence-electron chi connectivity index (χ3n) is 4.86. The molecular formula is C16H23N5O2S2. The molecule has 0 bridgehead atoms. The zero-order valence-electron chi connectivity index (χ0n) is 15.5. The number of carbonyl (C=O) groups excluding carboxylic acids is 1. The van der Waals surface area contributed by atoms with Gasteiger partial charge in [-0.25, -0.2) is 4.68 Å². The number of aryl methyl sites for hydroxylation is 1. The van der Waals surface area contributed by atoms with Crippen LogP contribution in [-0.4, -0.2) is 54.5 Å². The van der Waals surface area contributed by atoms with Crippen LogP contribution >= 0.6 is 24.0 Å². The van der Waals surface area contributed by atoms with Gasteiger partial charge in [0, 0.05) is 19.6 Å². The number of allylic oxidation sites excluding steroid dienone is 1. The Morgan fingerprint density at radius 1 is 1.40 bits per heavy atom. The van der Waals surface area contributed by atoms with E-state index in [-0.39, 0.29) is 17.3 Å². The highest BCUT2D eigenvalue weighted by Gasteiger charge is 2.58. The van der Waals surface area contributed by atoms with Crippen molar-refractivity contribution in [3.05, 3.63) is 17.1 Å². The third kappa shape index (κ3) is 2.55. The van der Waals surface area contributed by atoms with Crippen LogP contribution in [-0.2, 0) is 21.3 Å². The number of fused-ring (bicyclic) bond motifs is 1. The van der Waals surface area contributed by atoms with Gasteiger partial charge in [0.15, 0.2) is 11.6 Å². The Morgan fingerprint density at radius 3 is 2.52 bits per heavy atom. The molecule has 0 aromatic carbocycles. The molecule has 9 heteroatoms. The van der Waals surface area contributed by atoms with Crippen LogP contribution in [0.1, 0.15) is 40.4 Å². The van der Waals surface area contributed by atoms with E-state index >= 15 is 0 Å². The molecule has 1 aromatic heterocycles. The minimum Gasteiger partial charge on any atom is -0.371 e. The van der Waals surface area contributed by atoms with E-state index in [1.807, 2.05) is 39.6 Å². The molecular weight excluding hydrogens is 358 g/mol. The minimum atomic E-state index is -0.539. The average Bonchev–Trinajstić information content (AvgIpc) is 2.96. The fraction of sp³-hybridized carbons (Fsp3) is 0.688. The number of ketones is 1. The first-order chi connectivity index (χ1) is 11.5. The first kappa shape index (κ1) is 18.5. The Bertz CT molecular complexity index is 782. The molecule has 7 nitrogen and oxygen atoms in total. The standard InChI is InChI=1S/C16H23N5O2S2/c1-8-9(11(22)15(2,3)4)21-12(24)10(23-7)13(21)25-16(8,5)14-17-18-19-20(14)6/h10,13H,1-7H3/t10-,13+,16?/m0/s1. The van der Waals surface area contributed by atoms with Gasteiger partial charge < -0.3 is 9.64 Å². The first-order valence-electron chi connectivity index (χ1n) is 8.06. The summed E-state index contributed by atoms with van der Waals surface area (Å²) in [5.41, 5.74) is 1.05. The summed E-state index contributed by atoms with van der Waals surface area (Å²) in [4.78, 5) is 15.8. The summed E-state index contributed by atoms with van der Waals surface area (Å²) < 4.78 is 6.68. The summed E-state index contributed by atoms with van der Waals surface area (Å²) in [5.74, 6) is 0.773. The highest BCUT2D eigenvalue weighted by molar-refractivity contribution is 8.01. The van der Waals surface area contributed by atoms with Gasteiger partial charge in [0.1, 0.15) is 16.5 Å². The molecule has 1 unspecified atom stereocenters. The summed E-state index contributed by atoms with van der Waals surface area (Å²) in [6, 6.07) is 0. The maximum Gasteiger partial charge on any atom is 0.184 e. The van der Waals surface area contributed by atoms with Gasteiger partial charge in [-0.1, -0.05) is 33.0 Å². The van der Waals surface area contributed by atoms with Crippen LogP contribution in [0.5, 0.6) is 0 Å². The van der Waals surface area contributed by atoms with Crippen LogP contribution in [0.15, 0.2) is 11.3 Å². The van der Waals surface area contributed by atoms with Crippen LogP contribution in [0.2, 0.25) is 0 Å². The molecule has 0 N–H and O–H groups in total. The van der Waals surface area contributed by atoms with E-state index in [2.05, 4.69) is 22.4 Å². The second kappa shape index (κ2) is 5.85. The molecule has 3 heterocycles. The quantitative estimate of drug-likeness (QED) is 0.737. The number of hydrogen-bond acceptors (Lipinski definition) is 7. The molecule has 0 amide bonds. The van der Waals surface area contributed by atoms with Gasteiger partial charge in [0.2, 0.25) is 0 Å². The molecule has 1 aromatic rings. The molecule has 3 rings (SSSR count). The van der Waals surface area contributed by atoms with E-state index in [9.17, 15) is 4.79 Å². The number of thiocarbonyl (C=S) groups is 1. The molecule has 2 aliphatic rings. The SMILES string of the molecule is CO[C@H]1C(=S)N2C(C(=O)C(C)(C)C)=C(C)C(C)(c3nnnn3C)S[C@H]12. The van der Waals surface area contributed by atoms with Crippen molar-refractivity contribution in [1.82, 2.24) is 25.1 Å². The molecule has 25 heavy (non-hydrogen) atoms. The maximum absolute atomic E-state index is 13.2. The summed E-state index contributed by atoms with van der Waals surface area (Å²) >= 11 is 7.20. The van der Waals surface area contributed by atoms with E-state index in [1.165, 1.54) is 0 Å². The molecule has 0 aliphatic carbocycles. The first-order valence-corrected chi connectivity index (χ1v) is 9.35. The fourth-order valence-corrected chi connectivity index (χ4v) is 5.54. The van der Waals surface area contributed by atoms with Gasteiger partial charge in [0.05, 0.1) is 10.4 Å². The van der Waals surface area contributed by atoms with Crippen LogP contribution in [0.3, 0.4) is 0 Å². The monoisotopic (exact) mass is 381 g/mol. The predicted molar refractivity (Wildman–Crippen MR) is 99.9 cm³/mol. The Balaban J connectivity index is 2.20. The van der Waals surface area contributed by atoms with Crippen molar-refractivity contribution < 1.29 is 9.53 Å². The Kier molecular flexibility index (Phi) is 4.32. The van der Waals surface area contributed by atoms with Crippen LogP contribution in [0.25, 0.3) is 0 Å². The van der Waals surface area contributed by atoms with Gasteiger partial charge in [-0.3, -0.25) is 4.79 Å². The van der Waals surface area contributed by atoms with E-state index < -0.39 is 10.2 Å². The van der Waals surface area contributed by atoms with Gasteiger partial charge in [0.25, 0.3) is 0 Å². The second-order valence-electron chi connectivity index (χ2n) is 7.59. The smallest absolute Gasteiger partial charge is 0.184 e. The van der Waals surface area contributed by atoms with Gasteiger partial charge >= 0.3 is 0 Å². The average molecular weight is 382 g/mol. The van der Waals surface area contributed by atoms with Crippen molar-refractivity contribution in [2.24, 2.45) is 12.5 Å². The number of rotatable bonds is 3. The number of carbonyl (C=O) groups is 1. The number of nitrogens with zero attached hydrogens (tertiary/aromatic N) is 5. The summed E-state index contributed by atoms with van der Waals surface area (Å²) in [5, 5.41) is 11.9. The van der Waals surface area contributed by atoms with Crippen molar-refractivity contribution in [1.29, 1.82) is 0 Å². The van der Waals surface area contributed by atoms with Crippen molar-refractivity contribution in [3.63, 3.8) is 0 Å². The molecule has 1 fully saturated rings. The maximum atomic E-state index is 13.2.